The average Bonchev–Trinajstić information content (AvgIpc) is 3.38. The molecule has 0 bridgehead atoms. The van der Waals surface area contributed by atoms with E-state index >= 15 is 0 Å². The van der Waals surface area contributed by atoms with E-state index in [1.165, 1.54) is 5.56 Å². The molecule has 1 atom stereocenters. The summed E-state index contributed by atoms with van der Waals surface area (Å²) in [4.78, 5) is 7.10. The standard InChI is InChI=1S/C24H27N3O3/c1-28-20-8-6-18(7-9-20)14-26-11-10-24(16-26)17-27-22(13-25-23(27)15-30-24)19-4-3-5-21(12-19)29-2/h3-9,12-13H,10-11,14-17H2,1-2H3/t24-/m0/s1. The summed E-state index contributed by atoms with van der Waals surface area (Å²) >= 11 is 0. The molecule has 3 aromatic rings. The van der Waals surface area contributed by atoms with Crippen LogP contribution in [0.15, 0.2) is 54.7 Å². The number of aromatic nitrogens is 2. The van der Waals surface area contributed by atoms with E-state index in [1.807, 2.05) is 30.5 Å². The minimum atomic E-state index is -0.159. The molecule has 2 aliphatic rings. The van der Waals surface area contributed by atoms with Gasteiger partial charge in [0.1, 0.15) is 29.5 Å². The van der Waals surface area contributed by atoms with Gasteiger partial charge in [-0.05, 0) is 36.2 Å². The Kier molecular flexibility index (Phi) is 4.97. The third-order valence-electron chi connectivity index (χ3n) is 6.22. The number of benzene rings is 2. The fraction of sp³-hybridized carbons (Fsp3) is 0.375. The van der Waals surface area contributed by atoms with E-state index in [0.29, 0.717) is 6.61 Å². The number of hydrogen-bond acceptors (Lipinski definition) is 5. The second-order valence-electron chi connectivity index (χ2n) is 8.16. The van der Waals surface area contributed by atoms with Crippen molar-refractivity contribution in [2.24, 2.45) is 0 Å². The molecule has 156 valence electrons. The van der Waals surface area contributed by atoms with Gasteiger partial charge in [-0.15, -0.1) is 0 Å². The highest BCUT2D eigenvalue weighted by Crippen LogP contribution is 2.36. The minimum Gasteiger partial charge on any atom is -0.497 e. The van der Waals surface area contributed by atoms with E-state index in [9.17, 15) is 0 Å². The molecular formula is C24H27N3O3. The van der Waals surface area contributed by atoms with Crippen molar-refractivity contribution < 1.29 is 14.2 Å². The molecule has 0 unspecified atom stereocenters. The van der Waals surface area contributed by atoms with Gasteiger partial charge in [-0.3, -0.25) is 4.90 Å². The van der Waals surface area contributed by atoms with Gasteiger partial charge < -0.3 is 18.8 Å². The predicted molar refractivity (Wildman–Crippen MR) is 115 cm³/mol. The van der Waals surface area contributed by atoms with Crippen molar-refractivity contribution in [1.82, 2.24) is 14.5 Å². The molecule has 1 aromatic heterocycles. The van der Waals surface area contributed by atoms with Crippen LogP contribution in [0.1, 0.15) is 17.8 Å². The van der Waals surface area contributed by atoms with Gasteiger partial charge in [0.15, 0.2) is 0 Å². The lowest BCUT2D eigenvalue weighted by atomic mass is 10.0. The highest BCUT2D eigenvalue weighted by Gasteiger charge is 2.43. The summed E-state index contributed by atoms with van der Waals surface area (Å²) in [5.41, 5.74) is 3.39. The Balaban J connectivity index is 1.33. The zero-order valence-corrected chi connectivity index (χ0v) is 17.5. The van der Waals surface area contributed by atoms with Crippen LogP contribution >= 0.6 is 0 Å². The molecule has 2 aromatic carbocycles. The Morgan fingerprint density at radius 2 is 1.87 bits per heavy atom. The topological polar surface area (TPSA) is 48.8 Å². The molecule has 1 spiro atoms. The first kappa shape index (κ1) is 19.2. The van der Waals surface area contributed by atoms with Crippen molar-refractivity contribution in [2.75, 3.05) is 27.3 Å². The number of methoxy groups -OCH3 is 2. The van der Waals surface area contributed by atoms with Crippen LogP contribution in [-0.4, -0.2) is 47.4 Å². The Morgan fingerprint density at radius 3 is 2.67 bits per heavy atom. The molecule has 0 N–H and O–H groups in total. The minimum absolute atomic E-state index is 0.159. The van der Waals surface area contributed by atoms with Crippen LogP contribution in [0.4, 0.5) is 0 Å². The first-order valence-corrected chi connectivity index (χ1v) is 10.4. The molecule has 0 radical (unpaired) electrons. The summed E-state index contributed by atoms with van der Waals surface area (Å²) in [5.74, 6) is 2.74. The van der Waals surface area contributed by atoms with Crippen molar-refractivity contribution in [3.63, 3.8) is 0 Å². The van der Waals surface area contributed by atoms with Gasteiger partial charge in [0.05, 0.1) is 32.7 Å². The van der Waals surface area contributed by atoms with Crippen molar-refractivity contribution in [2.45, 2.75) is 31.7 Å². The fourth-order valence-corrected chi connectivity index (χ4v) is 4.57. The highest BCUT2D eigenvalue weighted by molar-refractivity contribution is 5.61. The summed E-state index contributed by atoms with van der Waals surface area (Å²) in [5, 5.41) is 0. The molecule has 30 heavy (non-hydrogen) atoms. The maximum absolute atomic E-state index is 6.38. The lowest BCUT2D eigenvalue weighted by Gasteiger charge is -2.35. The lowest BCUT2D eigenvalue weighted by molar-refractivity contribution is -0.0821. The van der Waals surface area contributed by atoms with Gasteiger partial charge >= 0.3 is 0 Å². The second kappa shape index (κ2) is 7.78. The van der Waals surface area contributed by atoms with Crippen LogP contribution in [0.3, 0.4) is 0 Å². The average molecular weight is 405 g/mol. The van der Waals surface area contributed by atoms with Gasteiger partial charge in [0.25, 0.3) is 0 Å². The molecule has 2 aliphatic heterocycles. The summed E-state index contributed by atoms with van der Waals surface area (Å²) in [6.45, 7) is 4.27. The SMILES string of the molecule is COc1ccc(CN2CC[C@]3(C2)Cn2c(-c4cccc(OC)c4)cnc2CO3)cc1. The molecule has 3 heterocycles. The largest absolute Gasteiger partial charge is 0.497 e. The van der Waals surface area contributed by atoms with E-state index in [0.717, 1.165) is 61.2 Å². The second-order valence-corrected chi connectivity index (χ2v) is 8.16. The van der Waals surface area contributed by atoms with Crippen molar-refractivity contribution >= 4 is 0 Å². The van der Waals surface area contributed by atoms with E-state index in [-0.39, 0.29) is 5.60 Å². The van der Waals surface area contributed by atoms with Gasteiger partial charge in [-0.2, -0.15) is 0 Å². The molecule has 6 nitrogen and oxygen atoms in total. The first-order valence-electron chi connectivity index (χ1n) is 10.4. The summed E-state index contributed by atoms with van der Waals surface area (Å²) in [6, 6.07) is 16.5. The van der Waals surface area contributed by atoms with Gasteiger partial charge in [0.2, 0.25) is 0 Å². The first-order chi connectivity index (χ1) is 14.7. The Morgan fingerprint density at radius 1 is 1.03 bits per heavy atom. The quantitative estimate of drug-likeness (QED) is 0.647. The van der Waals surface area contributed by atoms with Crippen LogP contribution in [0, 0.1) is 0 Å². The van der Waals surface area contributed by atoms with Crippen LogP contribution in [-0.2, 0) is 24.4 Å². The number of fused-ring (bicyclic) bond motifs is 1. The lowest BCUT2D eigenvalue weighted by Crippen LogP contribution is -2.44. The number of nitrogens with zero attached hydrogens (tertiary/aromatic N) is 3. The van der Waals surface area contributed by atoms with E-state index in [4.69, 9.17) is 14.2 Å². The number of hydrogen-bond donors (Lipinski definition) is 0. The number of ether oxygens (including phenoxy) is 3. The Labute approximate surface area is 177 Å². The number of imidazole rings is 1. The zero-order valence-electron chi connectivity index (χ0n) is 17.5. The van der Waals surface area contributed by atoms with Gasteiger partial charge in [0, 0.05) is 25.2 Å². The highest BCUT2D eigenvalue weighted by atomic mass is 16.5. The van der Waals surface area contributed by atoms with E-state index in [1.54, 1.807) is 14.2 Å². The van der Waals surface area contributed by atoms with Gasteiger partial charge in [-0.25, -0.2) is 4.98 Å². The molecule has 0 amide bonds. The zero-order chi connectivity index (χ0) is 20.6. The molecule has 5 rings (SSSR count). The normalized spacial score (nSPS) is 21.0. The van der Waals surface area contributed by atoms with Crippen LogP contribution in [0.2, 0.25) is 0 Å². The van der Waals surface area contributed by atoms with Crippen molar-refractivity contribution in [1.29, 1.82) is 0 Å². The third kappa shape index (κ3) is 3.57. The van der Waals surface area contributed by atoms with E-state index in [2.05, 4.69) is 38.7 Å². The Hall–Kier alpha value is -2.83. The summed E-state index contributed by atoms with van der Waals surface area (Å²) in [7, 11) is 3.40. The molecular weight excluding hydrogens is 378 g/mol. The number of rotatable bonds is 5. The van der Waals surface area contributed by atoms with Gasteiger partial charge in [-0.1, -0.05) is 24.3 Å². The molecule has 0 saturated carbocycles. The fourth-order valence-electron chi connectivity index (χ4n) is 4.57. The van der Waals surface area contributed by atoms with Crippen LogP contribution in [0.25, 0.3) is 11.3 Å². The van der Waals surface area contributed by atoms with Crippen molar-refractivity contribution in [3.8, 4) is 22.8 Å². The van der Waals surface area contributed by atoms with E-state index < -0.39 is 0 Å². The maximum atomic E-state index is 6.38. The number of likely N-dealkylation sites (tertiary alicyclic amines) is 1. The molecule has 1 fully saturated rings. The maximum Gasteiger partial charge on any atom is 0.135 e. The summed E-state index contributed by atoms with van der Waals surface area (Å²) < 4.78 is 19.4. The third-order valence-corrected chi connectivity index (χ3v) is 6.22. The Bertz CT molecular complexity index is 1030. The predicted octanol–water partition coefficient (Wildman–Crippen LogP) is 3.74. The van der Waals surface area contributed by atoms with Crippen molar-refractivity contribution in [3.05, 3.63) is 66.1 Å². The molecule has 1 saturated heterocycles. The van der Waals surface area contributed by atoms with Crippen LogP contribution < -0.4 is 9.47 Å². The molecule has 6 heteroatoms. The van der Waals surface area contributed by atoms with Crippen LogP contribution in [0.5, 0.6) is 11.5 Å². The smallest absolute Gasteiger partial charge is 0.135 e. The summed E-state index contributed by atoms with van der Waals surface area (Å²) in [6.07, 6.45) is 2.98. The molecule has 0 aliphatic carbocycles. The monoisotopic (exact) mass is 405 g/mol.